The van der Waals surface area contributed by atoms with Crippen molar-refractivity contribution >= 4 is 11.9 Å². The summed E-state index contributed by atoms with van der Waals surface area (Å²) >= 11 is 0. The summed E-state index contributed by atoms with van der Waals surface area (Å²) in [5, 5.41) is 2.26. The monoisotopic (exact) mass is 222 g/mol. The quantitative estimate of drug-likeness (QED) is 0.771. The van der Waals surface area contributed by atoms with Gasteiger partial charge in [0.2, 0.25) is 5.91 Å². The Balaban J connectivity index is 2.25. The van der Waals surface area contributed by atoms with E-state index in [0.717, 1.165) is 17.1 Å². The van der Waals surface area contributed by atoms with Crippen molar-refractivity contribution in [2.45, 2.75) is 26.8 Å². The van der Waals surface area contributed by atoms with Crippen molar-refractivity contribution in [1.29, 1.82) is 0 Å². The number of carbonyl (C=O) groups excluding carboxylic acids is 2. The topological polar surface area (TPSA) is 62.6 Å². The molecule has 1 aliphatic heterocycles. The predicted octanol–water partition coefficient (Wildman–Crippen LogP) is 1.51. The summed E-state index contributed by atoms with van der Waals surface area (Å²) in [6.45, 7) is 5.71. The fraction of sp³-hybridized carbons (Fsp3) is 0.455. The molecule has 1 saturated heterocycles. The van der Waals surface area contributed by atoms with Crippen molar-refractivity contribution in [3.63, 3.8) is 0 Å². The summed E-state index contributed by atoms with van der Waals surface area (Å²) < 4.78 is 5.41. The van der Waals surface area contributed by atoms with Gasteiger partial charge in [0.05, 0.1) is 6.04 Å². The van der Waals surface area contributed by atoms with Crippen molar-refractivity contribution in [2.75, 3.05) is 6.54 Å². The molecular formula is C11H14N2O3. The van der Waals surface area contributed by atoms with Crippen LogP contribution < -0.4 is 5.32 Å². The second kappa shape index (κ2) is 3.66. The molecule has 1 fully saturated rings. The molecule has 1 N–H and O–H groups in total. The average Bonchev–Trinajstić information content (AvgIpc) is 2.68. The highest BCUT2D eigenvalue weighted by Crippen LogP contribution is 2.27. The van der Waals surface area contributed by atoms with Gasteiger partial charge < -0.3 is 9.32 Å². The van der Waals surface area contributed by atoms with Crippen molar-refractivity contribution < 1.29 is 14.0 Å². The summed E-state index contributed by atoms with van der Waals surface area (Å²) in [4.78, 5) is 24.1. The van der Waals surface area contributed by atoms with E-state index in [4.69, 9.17) is 4.42 Å². The maximum absolute atomic E-state index is 11.5. The van der Waals surface area contributed by atoms with Crippen LogP contribution in [0.25, 0.3) is 0 Å². The standard InChI is InChI=1S/C11H14N2O3/c1-6-4-9(8(3)16-6)7(2)13-5-10(14)12-11(13)15/h4,7H,5H2,1-3H3,(H,12,14,15). The molecule has 0 radical (unpaired) electrons. The van der Waals surface area contributed by atoms with Crippen LogP contribution in [-0.4, -0.2) is 23.4 Å². The van der Waals surface area contributed by atoms with E-state index in [1.165, 1.54) is 4.90 Å². The highest BCUT2D eigenvalue weighted by molar-refractivity contribution is 6.02. The highest BCUT2D eigenvalue weighted by Gasteiger charge is 2.32. The average molecular weight is 222 g/mol. The highest BCUT2D eigenvalue weighted by atomic mass is 16.3. The first-order valence-corrected chi connectivity index (χ1v) is 5.16. The summed E-state index contributed by atoms with van der Waals surface area (Å²) in [6.07, 6.45) is 0. The number of carbonyl (C=O) groups is 2. The van der Waals surface area contributed by atoms with E-state index in [0.29, 0.717) is 0 Å². The van der Waals surface area contributed by atoms with E-state index in [1.54, 1.807) is 0 Å². The van der Waals surface area contributed by atoms with Gasteiger partial charge in [-0.15, -0.1) is 0 Å². The van der Waals surface area contributed by atoms with Crippen molar-refractivity contribution in [3.05, 3.63) is 23.2 Å². The summed E-state index contributed by atoms with van der Waals surface area (Å²) in [6, 6.07) is 1.41. The minimum absolute atomic E-state index is 0.115. The van der Waals surface area contributed by atoms with Crippen molar-refractivity contribution in [1.82, 2.24) is 10.2 Å². The van der Waals surface area contributed by atoms with Gasteiger partial charge in [-0.2, -0.15) is 0 Å². The lowest BCUT2D eigenvalue weighted by Gasteiger charge is -2.21. The van der Waals surface area contributed by atoms with Gasteiger partial charge in [0, 0.05) is 5.56 Å². The van der Waals surface area contributed by atoms with Crippen LogP contribution in [0, 0.1) is 13.8 Å². The largest absolute Gasteiger partial charge is 0.466 e. The van der Waals surface area contributed by atoms with Gasteiger partial charge in [-0.25, -0.2) is 4.79 Å². The number of hydrogen-bond donors (Lipinski definition) is 1. The minimum Gasteiger partial charge on any atom is -0.466 e. The first-order valence-electron chi connectivity index (χ1n) is 5.16. The predicted molar refractivity (Wildman–Crippen MR) is 56.8 cm³/mol. The summed E-state index contributed by atoms with van der Waals surface area (Å²) in [5.74, 6) is 1.34. The Kier molecular flexibility index (Phi) is 2.46. The van der Waals surface area contributed by atoms with Crippen molar-refractivity contribution in [3.8, 4) is 0 Å². The van der Waals surface area contributed by atoms with E-state index in [9.17, 15) is 9.59 Å². The number of imide groups is 1. The zero-order valence-electron chi connectivity index (χ0n) is 9.53. The van der Waals surface area contributed by atoms with Crippen molar-refractivity contribution in [2.24, 2.45) is 0 Å². The molecule has 1 unspecified atom stereocenters. The maximum Gasteiger partial charge on any atom is 0.325 e. The van der Waals surface area contributed by atoms with Gasteiger partial charge >= 0.3 is 6.03 Å². The lowest BCUT2D eigenvalue weighted by Crippen LogP contribution is -2.30. The number of nitrogens with one attached hydrogen (secondary N) is 1. The molecule has 0 aliphatic carbocycles. The number of rotatable bonds is 2. The SMILES string of the molecule is Cc1cc(C(C)N2CC(=O)NC2=O)c(C)o1. The second-order valence-electron chi connectivity index (χ2n) is 4.03. The van der Waals surface area contributed by atoms with E-state index >= 15 is 0 Å². The number of nitrogens with zero attached hydrogens (tertiary/aromatic N) is 1. The molecule has 0 aromatic carbocycles. The third kappa shape index (κ3) is 1.68. The molecule has 2 heterocycles. The Morgan fingerprint density at radius 2 is 2.12 bits per heavy atom. The molecule has 1 aromatic heterocycles. The number of aryl methyl sites for hydroxylation is 2. The minimum atomic E-state index is -0.337. The lowest BCUT2D eigenvalue weighted by molar-refractivity contribution is -0.118. The molecule has 2 rings (SSSR count). The first kappa shape index (κ1) is 10.7. The van der Waals surface area contributed by atoms with E-state index in [1.807, 2.05) is 26.8 Å². The Bertz CT molecular complexity index is 450. The molecule has 5 heteroatoms. The zero-order valence-corrected chi connectivity index (χ0v) is 9.53. The van der Waals surface area contributed by atoms with E-state index < -0.39 is 0 Å². The Labute approximate surface area is 93.4 Å². The van der Waals surface area contributed by atoms with Crippen LogP contribution in [0.2, 0.25) is 0 Å². The van der Waals surface area contributed by atoms with Crippen LogP contribution in [-0.2, 0) is 4.79 Å². The third-order valence-electron chi connectivity index (χ3n) is 2.82. The molecule has 1 aliphatic rings. The van der Waals surface area contributed by atoms with E-state index in [-0.39, 0.29) is 24.5 Å². The van der Waals surface area contributed by atoms with Crippen LogP contribution in [0.1, 0.15) is 30.0 Å². The normalized spacial score (nSPS) is 17.8. The molecule has 86 valence electrons. The van der Waals surface area contributed by atoms with Gasteiger partial charge in [-0.05, 0) is 26.8 Å². The third-order valence-corrected chi connectivity index (χ3v) is 2.82. The number of urea groups is 1. The maximum atomic E-state index is 11.5. The fourth-order valence-corrected chi connectivity index (χ4v) is 2.00. The van der Waals surface area contributed by atoms with Crippen LogP contribution in [0.15, 0.2) is 10.5 Å². The van der Waals surface area contributed by atoms with Gasteiger partial charge in [-0.1, -0.05) is 0 Å². The molecule has 16 heavy (non-hydrogen) atoms. The van der Waals surface area contributed by atoms with Crippen LogP contribution in [0.5, 0.6) is 0 Å². The van der Waals surface area contributed by atoms with Crippen LogP contribution in [0.3, 0.4) is 0 Å². The second-order valence-corrected chi connectivity index (χ2v) is 4.03. The molecule has 1 atom stereocenters. The van der Waals surface area contributed by atoms with Crippen LogP contribution >= 0.6 is 0 Å². The molecule has 1 aromatic rings. The molecular weight excluding hydrogens is 208 g/mol. The molecule has 0 spiro atoms. The molecule has 0 saturated carbocycles. The zero-order chi connectivity index (χ0) is 11.9. The summed E-state index contributed by atoms with van der Waals surface area (Å²) in [5.41, 5.74) is 0.947. The van der Waals surface area contributed by atoms with Gasteiger partial charge in [0.15, 0.2) is 0 Å². The molecule has 3 amide bonds. The van der Waals surface area contributed by atoms with Gasteiger partial charge in [0.1, 0.15) is 18.1 Å². The number of amides is 3. The van der Waals surface area contributed by atoms with E-state index in [2.05, 4.69) is 5.32 Å². The Morgan fingerprint density at radius 1 is 1.44 bits per heavy atom. The smallest absolute Gasteiger partial charge is 0.325 e. The molecule has 0 bridgehead atoms. The lowest BCUT2D eigenvalue weighted by atomic mass is 10.1. The first-order chi connectivity index (χ1) is 7.49. The van der Waals surface area contributed by atoms with Crippen LogP contribution in [0.4, 0.5) is 4.79 Å². The van der Waals surface area contributed by atoms with Gasteiger partial charge in [0.25, 0.3) is 0 Å². The van der Waals surface area contributed by atoms with Gasteiger partial charge in [-0.3, -0.25) is 10.1 Å². The Hall–Kier alpha value is -1.78. The fourth-order valence-electron chi connectivity index (χ4n) is 2.00. The number of furan rings is 1. The molecule has 5 nitrogen and oxygen atoms in total. The summed E-state index contributed by atoms with van der Waals surface area (Å²) in [7, 11) is 0. The number of hydrogen-bond acceptors (Lipinski definition) is 3. The Morgan fingerprint density at radius 3 is 2.56 bits per heavy atom.